The monoisotopic (exact) mass is 380 g/mol. The molecule has 5 atom stereocenters. The van der Waals surface area contributed by atoms with Gasteiger partial charge in [-0.15, -0.1) is 0 Å². The summed E-state index contributed by atoms with van der Waals surface area (Å²) < 4.78 is 11.7. The summed E-state index contributed by atoms with van der Waals surface area (Å²) in [5, 5.41) is -0.823. The smallest absolute Gasteiger partial charge is 0.186 e. The van der Waals surface area contributed by atoms with E-state index in [0.717, 1.165) is 18.2 Å². The maximum absolute atomic E-state index is 11.7. The molecule has 1 fully saturated rings. The van der Waals surface area contributed by atoms with Gasteiger partial charge < -0.3 is 9.47 Å². The summed E-state index contributed by atoms with van der Waals surface area (Å²) in [5.41, 5.74) is 0. The molecule has 1 rings (SSSR count). The Morgan fingerprint density at radius 3 is 2.04 bits per heavy atom. The third kappa shape index (κ3) is 7.17. The highest BCUT2D eigenvalue weighted by Crippen LogP contribution is 2.40. The third-order valence-electron chi connectivity index (χ3n) is 3.25. The van der Waals surface area contributed by atoms with Crippen molar-refractivity contribution >= 4 is 50.6 Å². The maximum atomic E-state index is 11.7. The van der Waals surface area contributed by atoms with Crippen LogP contribution in [-0.4, -0.2) is 50.1 Å². The van der Waals surface area contributed by atoms with E-state index in [-0.39, 0.29) is 37.2 Å². The third-order valence-corrected chi connectivity index (χ3v) is 7.00. The number of ether oxygens (including phenoxy) is 2. The lowest BCUT2D eigenvalue weighted by molar-refractivity contribution is -0.178. The normalized spacial score (nSPS) is 29.1. The molecule has 0 spiro atoms. The van der Waals surface area contributed by atoms with Crippen LogP contribution in [0, 0.1) is 0 Å². The zero-order chi connectivity index (χ0) is 17.6. The summed E-state index contributed by atoms with van der Waals surface area (Å²) in [4.78, 5) is 34.8. The van der Waals surface area contributed by atoms with Gasteiger partial charge in [-0.2, -0.15) is 0 Å². The number of rotatable bonds is 6. The summed E-state index contributed by atoms with van der Waals surface area (Å²) in [7, 11) is 0. The lowest BCUT2D eigenvalue weighted by Crippen LogP contribution is -2.51. The average molecular weight is 381 g/mol. The quantitative estimate of drug-likeness (QED) is 0.696. The first-order valence-electron chi connectivity index (χ1n) is 7.53. The molecule has 132 valence electrons. The highest BCUT2D eigenvalue weighted by atomic mass is 32.2. The van der Waals surface area contributed by atoms with E-state index in [1.165, 1.54) is 44.3 Å². The van der Waals surface area contributed by atoms with Gasteiger partial charge in [-0.25, -0.2) is 0 Å². The predicted octanol–water partition coefficient (Wildman–Crippen LogP) is 3.10. The van der Waals surface area contributed by atoms with Crippen molar-refractivity contribution in [2.75, 3.05) is 6.61 Å². The second kappa shape index (κ2) is 10.1. The summed E-state index contributed by atoms with van der Waals surface area (Å²) in [6.45, 7) is 8.76. The van der Waals surface area contributed by atoms with E-state index < -0.39 is 6.29 Å². The van der Waals surface area contributed by atoms with Gasteiger partial charge in [0, 0.05) is 31.3 Å². The predicted molar refractivity (Wildman–Crippen MR) is 96.8 cm³/mol. The molecule has 1 aliphatic heterocycles. The number of carbonyl (C=O) groups is 3. The Morgan fingerprint density at radius 2 is 1.57 bits per heavy atom. The molecule has 0 aromatic heterocycles. The van der Waals surface area contributed by atoms with Gasteiger partial charge in [-0.1, -0.05) is 42.2 Å². The summed E-state index contributed by atoms with van der Waals surface area (Å²) in [6.07, 6.45) is 0.266. The Labute approximate surface area is 150 Å². The van der Waals surface area contributed by atoms with Gasteiger partial charge in [-0.3, -0.25) is 14.4 Å². The highest BCUT2D eigenvalue weighted by Gasteiger charge is 2.44. The zero-order valence-corrected chi connectivity index (χ0v) is 16.5. The van der Waals surface area contributed by atoms with Crippen LogP contribution in [-0.2, 0) is 23.9 Å². The van der Waals surface area contributed by atoms with E-state index in [1.807, 2.05) is 13.8 Å². The van der Waals surface area contributed by atoms with Crippen LogP contribution < -0.4 is 0 Å². The minimum Gasteiger partial charge on any atom is -0.350 e. The Balaban J connectivity index is 3.01. The van der Waals surface area contributed by atoms with Crippen LogP contribution in [0.15, 0.2) is 0 Å². The van der Waals surface area contributed by atoms with E-state index in [0.29, 0.717) is 6.61 Å². The van der Waals surface area contributed by atoms with Gasteiger partial charge in [0.2, 0.25) is 0 Å². The molecule has 5 nitrogen and oxygen atoms in total. The molecule has 0 bridgehead atoms. The molecule has 0 aliphatic carbocycles. The van der Waals surface area contributed by atoms with Crippen LogP contribution in [0.25, 0.3) is 0 Å². The van der Waals surface area contributed by atoms with Crippen molar-refractivity contribution in [1.29, 1.82) is 0 Å². The van der Waals surface area contributed by atoms with Crippen molar-refractivity contribution in [2.45, 2.75) is 69.2 Å². The van der Waals surface area contributed by atoms with E-state index in [2.05, 4.69) is 0 Å². The molecule has 0 aromatic carbocycles. The van der Waals surface area contributed by atoms with E-state index in [9.17, 15) is 14.4 Å². The first kappa shape index (κ1) is 21.0. The number of thioether (sulfide) groups is 3. The van der Waals surface area contributed by atoms with Crippen LogP contribution >= 0.6 is 35.3 Å². The standard InChI is InChI=1S/C15H24O5S3/c1-6-8(2)20-15-14(23-11(5)18)13(22-10(4)17)12(7-19-15)21-9(3)16/h8,12-15H,6-7H2,1-5H3/t8?,12-,13+,14+,15-/m1/s1. The van der Waals surface area contributed by atoms with Gasteiger partial charge in [0.1, 0.15) is 0 Å². The van der Waals surface area contributed by atoms with Crippen molar-refractivity contribution in [1.82, 2.24) is 0 Å². The molecule has 0 amide bonds. The summed E-state index contributed by atoms with van der Waals surface area (Å²) in [5.74, 6) is 0. The molecule has 0 aromatic rings. The molecular formula is C15H24O5S3. The zero-order valence-electron chi connectivity index (χ0n) is 14.1. The Kier molecular flexibility index (Phi) is 9.21. The van der Waals surface area contributed by atoms with Crippen LogP contribution in [0.2, 0.25) is 0 Å². The molecule has 8 heteroatoms. The number of hydrogen-bond donors (Lipinski definition) is 0. The van der Waals surface area contributed by atoms with E-state index >= 15 is 0 Å². The fourth-order valence-corrected chi connectivity index (χ4v) is 5.63. The molecule has 23 heavy (non-hydrogen) atoms. The minimum absolute atomic E-state index is 0.00459. The van der Waals surface area contributed by atoms with Crippen LogP contribution in [0.4, 0.5) is 0 Å². The molecule has 0 saturated carbocycles. The maximum Gasteiger partial charge on any atom is 0.186 e. The lowest BCUT2D eigenvalue weighted by atomic mass is 10.1. The van der Waals surface area contributed by atoms with Crippen LogP contribution in [0.1, 0.15) is 41.0 Å². The minimum atomic E-state index is -0.556. The van der Waals surface area contributed by atoms with E-state index in [4.69, 9.17) is 9.47 Å². The number of carbonyl (C=O) groups excluding carboxylic acids is 3. The van der Waals surface area contributed by atoms with Crippen molar-refractivity contribution in [3.63, 3.8) is 0 Å². The van der Waals surface area contributed by atoms with Crippen molar-refractivity contribution in [3.8, 4) is 0 Å². The first-order valence-corrected chi connectivity index (χ1v) is 10.2. The SMILES string of the molecule is CCC(C)O[C@H]1OC[C@@H](SC(C)=O)[C@H](SC(C)=O)[C@@H]1SC(C)=O. The summed E-state index contributed by atoms with van der Waals surface area (Å²) >= 11 is 3.47. The molecule has 1 aliphatic rings. The molecule has 1 unspecified atom stereocenters. The molecular weight excluding hydrogens is 356 g/mol. The second-order valence-electron chi connectivity index (χ2n) is 5.35. The Hall–Kier alpha value is -0.0200. The molecule has 1 saturated heterocycles. The highest BCUT2D eigenvalue weighted by molar-refractivity contribution is 8.19. The second-order valence-corrected chi connectivity index (χ2v) is 9.48. The lowest BCUT2D eigenvalue weighted by Gasteiger charge is -2.41. The van der Waals surface area contributed by atoms with Gasteiger partial charge in [0.05, 0.1) is 18.0 Å². The van der Waals surface area contributed by atoms with Crippen LogP contribution in [0.3, 0.4) is 0 Å². The summed E-state index contributed by atoms with van der Waals surface area (Å²) in [6, 6.07) is 0. The van der Waals surface area contributed by atoms with Gasteiger partial charge >= 0.3 is 0 Å². The fraction of sp³-hybridized carbons (Fsp3) is 0.800. The van der Waals surface area contributed by atoms with Gasteiger partial charge in [-0.05, 0) is 13.3 Å². The molecule has 1 heterocycles. The topological polar surface area (TPSA) is 69.7 Å². The first-order chi connectivity index (χ1) is 10.7. The number of hydrogen-bond acceptors (Lipinski definition) is 8. The average Bonchev–Trinajstić information content (AvgIpc) is 2.43. The molecule has 0 radical (unpaired) electrons. The molecule has 0 N–H and O–H groups in total. The van der Waals surface area contributed by atoms with Gasteiger partial charge in [0.15, 0.2) is 21.6 Å². The van der Waals surface area contributed by atoms with Crippen molar-refractivity contribution < 1.29 is 23.9 Å². The largest absolute Gasteiger partial charge is 0.350 e. The van der Waals surface area contributed by atoms with Crippen LogP contribution in [0.5, 0.6) is 0 Å². The van der Waals surface area contributed by atoms with E-state index in [1.54, 1.807) is 0 Å². The van der Waals surface area contributed by atoms with Gasteiger partial charge in [0.25, 0.3) is 0 Å². The fourth-order valence-electron chi connectivity index (χ4n) is 2.15. The van der Waals surface area contributed by atoms with Crippen molar-refractivity contribution in [3.05, 3.63) is 0 Å². The Bertz CT molecular complexity index is 443. The van der Waals surface area contributed by atoms with Crippen molar-refractivity contribution in [2.24, 2.45) is 0 Å². The Morgan fingerprint density at radius 1 is 1.04 bits per heavy atom.